The van der Waals surface area contributed by atoms with Gasteiger partial charge in [0.15, 0.2) is 22.9 Å². The summed E-state index contributed by atoms with van der Waals surface area (Å²) in [6.45, 7) is 5.81. The van der Waals surface area contributed by atoms with Gasteiger partial charge in [0.25, 0.3) is 0 Å². The Morgan fingerprint density at radius 1 is 1.31 bits per heavy atom. The van der Waals surface area contributed by atoms with Crippen molar-refractivity contribution in [3.63, 3.8) is 0 Å². The van der Waals surface area contributed by atoms with E-state index in [-0.39, 0.29) is 24.9 Å². The SMILES string of the molecule is CC(C)c1c([C@@H]2CO[C@@](C)(C(=O)O)C2)c2nc3[nH]ncc3cc2n1-c1ccc(F)c(F)c1. The molecule has 5 rings (SSSR count). The first-order valence-electron chi connectivity index (χ1n) is 10.4. The molecule has 0 spiro atoms. The average molecular weight is 440 g/mol. The Morgan fingerprint density at radius 2 is 2.09 bits per heavy atom. The average Bonchev–Trinajstić information content (AvgIpc) is 3.43. The Morgan fingerprint density at radius 3 is 2.75 bits per heavy atom. The van der Waals surface area contributed by atoms with Gasteiger partial charge in [0, 0.05) is 34.3 Å². The maximum atomic E-state index is 14.2. The number of H-pyrrole nitrogens is 1. The van der Waals surface area contributed by atoms with Crippen LogP contribution in [-0.4, -0.2) is 43.0 Å². The van der Waals surface area contributed by atoms with E-state index < -0.39 is 23.2 Å². The standard InChI is InChI=1S/C23H22F2N4O3/c1-11(2)20-18(13-8-23(3,22(30)31)32-10-13)19-17(6-12-9-26-28-21(12)27-19)29(20)14-4-5-15(24)16(25)7-14/h4-7,9,11,13H,8,10H2,1-3H3,(H,30,31)(H,26,27,28)/t13-,23+/m0/s1. The molecule has 0 saturated carbocycles. The van der Waals surface area contributed by atoms with Crippen LogP contribution in [0.25, 0.3) is 27.8 Å². The summed E-state index contributed by atoms with van der Waals surface area (Å²) in [5.41, 5.74) is 2.87. The van der Waals surface area contributed by atoms with Gasteiger partial charge in [-0.2, -0.15) is 5.10 Å². The topological polar surface area (TPSA) is 93.0 Å². The van der Waals surface area contributed by atoms with Gasteiger partial charge in [-0.05, 0) is 37.5 Å². The summed E-state index contributed by atoms with van der Waals surface area (Å²) in [7, 11) is 0. The second-order valence-corrected chi connectivity index (χ2v) is 8.80. The summed E-state index contributed by atoms with van der Waals surface area (Å²) >= 11 is 0. The van der Waals surface area contributed by atoms with E-state index in [0.717, 1.165) is 28.8 Å². The first kappa shape index (κ1) is 20.6. The maximum absolute atomic E-state index is 14.2. The molecule has 0 amide bonds. The van der Waals surface area contributed by atoms with Gasteiger partial charge in [0.1, 0.15) is 0 Å². The van der Waals surface area contributed by atoms with Crippen LogP contribution in [-0.2, 0) is 9.53 Å². The van der Waals surface area contributed by atoms with Crippen LogP contribution in [0.2, 0.25) is 0 Å². The number of fused-ring (bicyclic) bond motifs is 2. The molecule has 2 atom stereocenters. The Bertz CT molecular complexity index is 1380. The largest absolute Gasteiger partial charge is 0.479 e. The number of benzene rings is 1. The zero-order valence-corrected chi connectivity index (χ0v) is 17.8. The van der Waals surface area contributed by atoms with Crippen molar-refractivity contribution < 1.29 is 23.4 Å². The van der Waals surface area contributed by atoms with Crippen molar-refractivity contribution in [1.82, 2.24) is 19.7 Å². The lowest BCUT2D eigenvalue weighted by Gasteiger charge is -2.19. The number of halogens is 2. The fourth-order valence-corrected chi connectivity index (χ4v) is 4.69. The molecule has 32 heavy (non-hydrogen) atoms. The second kappa shape index (κ2) is 7.09. The lowest BCUT2D eigenvalue weighted by molar-refractivity contribution is -0.157. The minimum Gasteiger partial charge on any atom is -0.479 e. The number of aromatic nitrogens is 4. The zero-order chi connectivity index (χ0) is 22.8. The first-order chi connectivity index (χ1) is 15.2. The van der Waals surface area contributed by atoms with Gasteiger partial charge in [-0.25, -0.2) is 18.6 Å². The lowest BCUT2D eigenvalue weighted by Crippen LogP contribution is -2.34. The first-order valence-corrected chi connectivity index (χ1v) is 10.4. The van der Waals surface area contributed by atoms with Crippen molar-refractivity contribution >= 4 is 28.0 Å². The monoisotopic (exact) mass is 440 g/mol. The lowest BCUT2D eigenvalue weighted by atomic mass is 9.88. The number of hydrogen-bond acceptors (Lipinski definition) is 4. The molecule has 3 aromatic heterocycles. The van der Waals surface area contributed by atoms with Crippen LogP contribution < -0.4 is 0 Å². The predicted octanol–water partition coefficient (Wildman–Crippen LogP) is 4.65. The van der Waals surface area contributed by atoms with Crippen LogP contribution in [0.4, 0.5) is 8.78 Å². The molecular weight excluding hydrogens is 418 g/mol. The molecule has 1 aliphatic rings. The van der Waals surface area contributed by atoms with Crippen molar-refractivity contribution in [2.45, 2.75) is 44.6 Å². The number of carbonyl (C=O) groups is 1. The number of hydrogen-bond donors (Lipinski definition) is 2. The van der Waals surface area contributed by atoms with Gasteiger partial charge >= 0.3 is 5.97 Å². The van der Waals surface area contributed by atoms with Crippen LogP contribution in [0.15, 0.2) is 30.5 Å². The summed E-state index contributed by atoms with van der Waals surface area (Å²) in [5, 5.41) is 17.3. The third-order valence-corrected chi connectivity index (χ3v) is 6.23. The highest BCUT2D eigenvalue weighted by Gasteiger charge is 2.45. The minimum atomic E-state index is -1.30. The fourth-order valence-electron chi connectivity index (χ4n) is 4.69. The Kier molecular flexibility index (Phi) is 4.56. The smallest absolute Gasteiger partial charge is 0.335 e. The number of nitrogens with one attached hydrogen (secondary N) is 1. The fraction of sp³-hybridized carbons (Fsp3) is 0.348. The van der Waals surface area contributed by atoms with E-state index in [9.17, 15) is 18.7 Å². The summed E-state index contributed by atoms with van der Waals surface area (Å²) in [6, 6.07) is 5.70. The van der Waals surface area contributed by atoms with Crippen LogP contribution in [0.1, 0.15) is 50.3 Å². The number of carboxylic acid groups (broad SMARTS) is 1. The van der Waals surface area contributed by atoms with E-state index >= 15 is 0 Å². The second-order valence-electron chi connectivity index (χ2n) is 8.80. The Balaban J connectivity index is 1.84. The third kappa shape index (κ3) is 2.99. The molecule has 0 radical (unpaired) electrons. The normalized spacial score (nSPS) is 21.2. The number of rotatable bonds is 4. The van der Waals surface area contributed by atoms with Crippen LogP contribution >= 0.6 is 0 Å². The minimum absolute atomic E-state index is 0.0135. The molecule has 1 aromatic carbocycles. The van der Waals surface area contributed by atoms with E-state index in [1.165, 1.54) is 6.07 Å². The molecule has 166 valence electrons. The van der Waals surface area contributed by atoms with Crippen LogP contribution in [0.5, 0.6) is 0 Å². The highest BCUT2D eigenvalue weighted by Crippen LogP contribution is 2.45. The molecule has 0 unspecified atom stereocenters. The number of aliphatic carboxylic acids is 1. The Hall–Kier alpha value is -3.33. The quantitative estimate of drug-likeness (QED) is 0.482. The Labute approximate surface area is 182 Å². The highest BCUT2D eigenvalue weighted by molar-refractivity contribution is 5.94. The number of pyridine rings is 1. The molecular formula is C23H22F2N4O3. The molecule has 4 aromatic rings. The summed E-state index contributed by atoms with van der Waals surface area (Å²) in [4.78, 5) is 16.6. The van der Waals surface area contributed by atoms with Gasteiger partial charge in [0.2, 0.25) is 0 Å². The third-order valence-electron chi connectivity index (χ3n) is 6.23. The van der Waals surface area contributed by atoms with Gasteiger partial charge in [-0.3, -0.25) is 5.10 Å². The van der Waals surface area contributed by atoms with Crippen LogP contribution in [0.3, 0.4) is 0 Å². The van der Waals surface area contributed by atoms with Crippen molar-refractivity contribution in [3.05, 3.63) is 53.4 Å². The summed E-state index contributed by atoms with van der Waals surface area (Å²) in [6.07, 6.45) is 1.93. The zero-order valence-electron chi connectivity index (χ0n) is 17.8. The van der Waals surface area contributed by atoms with Crippen molar-refractivity contribution in [2.75, 3.05) is 6.61 Å². The summed E-state index contributed by atoms with van der Waals surface area (Å²) in [5.74, 6) is -3.12. The predicted molar refractivity (Wildman–Crippen MR) is 114 cm³/mol. The van der Waals surface area contributed by atoms with E-state index in [0.29, 0.717) is 22.4 Å². The van der Waals surface area contributed by atoms with Crippen molar-refractivity contribution in [3.8, 4) is 5.69 Å². The summed E-state index contributed by atoms with van der Waals surface area (Å²) < 4.78 is 35.5. The number of nitrogens with zero attached hydrogens (tertiary/aromatic N) is 3. The van der Waals surface area contributed by atoms with Gasteiger partial charge < -0.3 is 14.4 Å². The molecule has 4 heterocycles. The molecule has 1 saturated heterocycles. The van der Waals surface area contributed by atoms with Gasteiger partial charge in [0.05, 0.1) is 23.8 Å². The van der Waals surface area contributed by atoms with Gasteiger partial charge in [-0.15, -0.1) is 0 Å². The van der Waals surface area contributed by atoms with E-state index in [1.807, 2.05) is 24.5 Å². The molecule has 7 nitrogen and oxygen atoms in total. The molecule has 0 aliphatic carbocycles. The molecule has 9 heteroatoms. The number of aromatic amines is 1. The number of carboxylic acids is 1. The van der Waals surface area contributed by atoms with E-state index in [4.69, 9.17) is 9.72 Å². The molecule has 1 aliphatic heterocycles. The van der Waals surface area contributed by atoms with Crippen molar-refractivity contribution in [2.24, 2.45) is 0 Å². The van der Waals surface area contributed by atoms with Gasteiger partial charge in [-0.1, -0.05) is 13.8 Å². The van der Waals surface area contributed by atoms with E-state index in [2.05, 4.69) is 10.2 Å². The molecule has 2 N–H and O–H groups in total. The molecule has 1 fully saturated rings. The maximum Gasteiger partial charge on any atom is 0.335 e. The van der Waals surface area contributed by atoms with Crippen LogP contribution in [0, 0.1) is 11.6 Å². The van der Waals surface area contributed by atoms with Crippen molar-refractivity contribution in [1.29, 1.82) is 0 Å². The highest BCUT2D eigenvalue weighted by atomic mass is 19.2. The number of ether oxygens (including phenoxy) is 1. The molecule has 0 bridgehead atoms. The van der Waals surface area contributed by atoms with E-state index in [1.54, 1.807) is 13.1 Å².